The summed E-state index contributed by atoms with van der Waals surface area (Å²) in [5.74, 6) is -0.968. The number of carbonyl (C=O) groups is 2. The van der Waals surface area contributed by atoms with Crippen molar-refractivity contribution < 1.29 is 18.0 Å². The van der Waals surface area contributed by atoms with Gasteiger partial charge in [0.2, 0.25) is 11.8 Å². The first-order valence-corrected chi connectivity index (χ1v) is 14.2. The topological polar surface area (TPSA) is 86.8 Å². The highest BCUT2D eigenvalue weighted by Crippen LogP contribution is 2.28. The zero-order chi connectivity index (χ0) is 28.2. The lowest BCUT2D eigenvalue weighted by Crippen LogP contribution is -2.50. The Morgan fingerprint density at radius 3 is 2.05 bits per heavy atom. The number of halogens is 2. The van der Waals surface area contributed by atoms with Crippen molar-refractivity contribution in [3.8, 4) is 0 Å². The second-order valence-corrected chi connectivity index (χ2v) is 11.9. The Morgan fingerprint density at radius 1 is 0.895 bits per heavy atom. The average Bonchev–Trinajstić information content (AvgIpc) is 2.85. The van der Waals surface area contributed by atoms with Gasteiger partial charge in [-0.15, -0.1) is 0 Å². The van der Waals surface area contributed by atoms with Gasteiger partial charge in [0.25, 0.3) is 10.0 Å². The first kappa shape index (κ1) is 29.5. The lowest BCUT2D eigenvalue weighted by atomic mass is 10.1. The molecule has 0 bridgehead atoms. The molecule has 0 saturated carbocycles. The molecule has 10 heteroatoms. The number of sulfonamides is 1. The lowest BCUT2D eigenvalue weighted by Gasteiger charge is -2.32. The van der Waals surface area contributed by atoms with E-state index in [4.69, 9.17) is 23.2 Å². The number of hydrogen-bond acceptors (Lipinski definition) is 4. The maximum atomic E-state index is 13.9. The van der Waals surface area contributed by atoms with Gasteiger partial charge < -0.3 is 10.2 Å². The normalized spacial score (nSPS) is 12.1. The minimum atomic E-state index is -4.13. The molecule has 38 heavy (non-hydrogen) atoms. The monoisotopic (exact) mass is 575 g/mol. The van der Waals surface area contributed by atoms with Gasteiger partial charge in [0.15, 0.2) is 0 Å². The molecule has 1 N–H and O–H groups in total. The summed E-state index contributed by atoms with van der Waals surface area (Å²) in [6.45, 7) is 6.62. The van der Waals surface area contributed by atoms with Crippen molar-refractivity contribution in [2.75, 3.05) is 17.9 Å². The average molecular weight is 577 g/mol. The molecule has 1 atom stereocenters. The third-order valence-corrected chi connectivity index (χ3v) is 8.53. The van der Waals surface area contributed by atoms with E-state index in [0.717, 1.165) is 21.0 Å². The number of nitrogens with zero attached hydrogens (tertiary/aromatic N) is 2. The fourth-order valence-corrected chi connectivity index (χ4v) is 5.95. The van der Waals surface area contributed by atoms with Crippen molar-refractivity contribution in [3.05, 3.63) is 93.0 Å². The highest BCUT2D eigenvalue weighted by molar-refractivity contribution is 7.92. The quantitative estimate of drug-likeness (QED) is 0.376. The Bertz CT molecular complexity index is 1420. The molecule has 3 rings (SSSR count). The molecule has 7 nitrogen and oxygen atoms in total. The number of benzene rings is 3. The van der Waals surface area contributed by atoms with Crippen LogP contribution in [0.2, 0.25) is 10.0 Å². The van der Waals surface area contributed by atoms with Crippen LogP contribution in [0.4, 0.5) is 5.69 Å². The van der Waals surface area contributed by atoms with Gasteiger partial charge in [-0.1, -0.05) is 53.0 Å². The summed E-state index contributed by atoms with van der Waals surface area (Å²) in [5, 5.41) is 3.32. The lowest BCUT2D eigenvalue weighted by molar-refractivity contribution is -0.139. The number of nitrogens with one attached hydrogen (secondary N) is 1. The summed E-state index contributed by atoms with van der Waals surface area (Å²) in [6, 6.07) is 15.8. The van der Waals surface area contributed by atoms with Crippen LogP contribution in [-0.4, -0.2) is 44.8 Å². The van der Waals surface area contributed by atoms with Crippen LogP contribution < -0.4 is 9.62 Å². The van der Waals surface area contributed by atoms with Crippen LogP contribution in [0.25, 0.3) is 0 Å². The van der Waals surface area contributed by atoms with Crippen LogP contribution in [0.15, 0.2) is 65.6 Å². The molecule has 0 aliphatic rings. The first-order valence-electron chi connectivity index (χ1n) is 12.0. The zero-order valence-corrected chi connectivity index (χ0v) is 24.3. The van der Waals surface area contributed by atoms with Crippen LogP contribution in [0.5, 0.6) is 0 Å². The van der Waals surface area contributed by atoms with E-state index < -0.39 is 34.4 Å². The molecule has 1 unspecified atom stereocenters. The molecule has 2 amide bonds. The van der Waals surface area contributed by atoms with Crippen LogP contribution in [0, 0.1) is 20.8 Å². The Morgan fingerprint density at radius 2 is 1.50 bits per heavy atom. The fourth-order valence-electron chi connectivity index (χ4n) is 4.09. The van der Waals surface area contributed by atoms with Crippen LogP contribution >= 0.6 is 23.2 Å². The molecule has 0 fully saturated rings. The highest BCUT2D eigenvalue weighted by Gasteiger charge is 2.32. The van der Waals surface area contributed by atoms with E-state index in [9.17, 15) is 18.0 Å². The van der Waals surface area contributed by atoms with Crippen molar-refractivity contribution in [1.82, 2.24) is 10.2 Å². The molecule has 0 radical (unpaired) electrons. The van der Waals surface area contributed by atoms with E-state index >= 15 is 0 Å². The molecule has 3 aromatic carbocycles. The van der Waals surface area contributed by atoms with Gasteiger partial charge in [-0.05, 0) is 80.8 Å². The van der Waals surface area contributed by atoms with Gasteiger partial charge >= 0.3 is 0 Å². The van der Waals surface area contributed by atoms with Gasteiger partial charge in [-0.2, -0.15) is 0 Å². The maximum Gasteiger partial charge on any atom is 0.264 e. The fraction of sp³-hybridized carbons (Fsp3) is 0.286. The molecule has 0 spiro atoms. The van der Waals surface area contributed by atoms with Crippen molar-refractivity contribution in [3.63, 3.8) is 0 Å². The van der Waals surface area contributed by atoms with Crippen molar-refractivity contribution >= 4 is 50.7 Å². The van der Waals surface area contributed by atoms with E-state index in [1.807, 2.05) is 26.8 Å². The molecule has 0 aliphatic heterocycles. The smallest absolute Gasteiger partial charge is 0.264 e. The number of likely N-dealkylation sites (N-methyl/N-ethyl adjacent to an activating group) is 1. The van der Waals surface area contributed by atoms with E-state index in [2.05, 4.69) is 5.32 Å². The predicted molar refractivity (Wildman–Crippen MR) is 152 cm³/mol. The Hall–Kier alpha value is -3.07. The number of amides is 2. The minimum absolute atomic E-state index is 0.0192. The van der Waals surface area contributed by atoms with Gasteiger partial charge in [-0.25, -0.2) is 8.42 Å². The van der Waals surface area contributed by atoms with E-state index in [0.29, 0.717) is 21.3 Å². The second kappa shape index (κ2) is 12.2. The molecule has 0 saturated heterocycles. The number of aryl methyl sites for hydroxylation is 3. The van der Waals surface area contributed by atoms with Crippen molar-refractivity contribution in [1.29, 1.82) is 0 Å². The van der Waals surface area contributed by atoms with Gasteiger partial charge in [-0.3, -0.25) is 13.9 Å². The molecule has 0 heterocycles. The summed E-state index contributed by atoms with van der Waals surface area (Å²) >= 11 is 12.4. The highest BCUT2D eigenvalue weighted by atomic mass is 35.5. The summed E-state index contributed by atoms with van der Waals surface area (Å²) in [6.07, 6.45) is 0. The molecular weight excluding hydrogens is 545 g/mol. The maximum absolute atomic E-state index is 13.9. The van der Waals surface area contributed by atoms with Crippen molar-refractivity contribution in [2.24, 2.45) is 0 Å². The third kappa shape index (κ3) is 6.87. The zero-order valence-electron chi connectivity index (χ0n) is 22.0. The third-order valence-electron chi connectivity index (χ3n) is 6.15. The number of hydrogen-bond donors (Lipinski definition) is 1. The number of rotatable bonds is 9. The SMILES string of the molecule is CNC(=O)C(C)N(Cc1ccc(Cl)cc1Cl)C(=O)CN(c1cc(C)cc(C)c1)S(=O)(=O)c1ccc(C)cc1. The Labute approximate surface area is 234 Å². The molecule has 202 valence electrons. The standard InChI is InChI=1S/C28H31Cl2N3O4S/c1-18-6-10-25(11-7-18)38(36,37)33(24-13-19(2)12-20(3)14-24)17-27(34)32(21(4)28(35)31-5)16-22-8-9-23(29)15-26(22)30/h6-15,21H,16-17H2,1-5H3,(H,31,35). The van der Waals surface area contributed by atoms with E-state index in [1.54, 1.807) is 49.4 Å². The molecule has 0 aliphatic carbocycles. The predicted octanol–water partition coefficient (Wildman–Crippen LogP) is 5.28. The van der Waals surface area contributed by atoms with Crippen LogP contribution in [-0.2, 0) is 26.2 Å². The Balaban J connectivity index is 2.08. The Kier molecular flexibility index (Phi) is 9.46. The summed E-state index contributed by atoms with van der Waals surface area (Å²) in [7, 11) is -2.66. The van der Waals surface area contributed by atoms with Crippen LogP contribution in [0.3, 0.4) is 0 Å². The summed E-state index contributed by atoms with van der Waals surface area (Å²) in [4.78, 5) is 27.8. The largest absolute Gasteiger partial charge is 0.357 e. The molecule has 0 aromatic heterocycles. The van der Waals surface area contributed by atoms with Crippen molar-refractivity contribution in [2.45, 2.75) is 45.2 Å². The second-order valence-electron chi connectivity index (χ2n) is 9.22. The van der Waals surface area contributed by atoms with Gasteiger partial charge in [0.05, 0.1) is 10.6 Å². The number of carbonyl (C=O) groups excluding carboxylic acids is 2. The van der Waals surface area contributed by atoms with Crippen LogP contribution in [0.1, 0.15) is 29.2 Å². The van der Waals surface area contributed by atoms with Gasteiger partial charge in [0.1, 0.15) is 12.6 Å². The van der Waals surface area contributed by atoms with Gasteiger partial charge in [0, 0.05) is 23.6 Å². The molecular formula is C28H31Cl2N3O4S. The van der Waals surface area contributed by atoms with E-state index in [-0.39, 0.29) is 11.4 Å². The summed E-state index contributed by atoms with van der Waals surface area (Å²) in [5.41, 5.74) is 3.52. The number of anilines is 1. The first-order chi connectivity index (χ1) is 17.8. The summed E-state index contributed by atoms with van der Waals surface area (Å²) < 4.78 is 28.8. The molecule has 3 aromatic rings. The minimum Gasteiger partial charge on any atom is -0.357 e. The van der Waals surface area contributed by atoms with E-state index in [1.165, 1.54) is 24.1 Å².